The first-order valence-corrected chi connectivity index (χ1v) is 6.57. The number of nitrogens with one attached hydrogen (secondary N) is 1. The van der Waals surface area contributed by atoms with Gasteiger partial charge in [-0.05, 0) is 57.6 Å². The van der Waals surface area contributed by atoms with Crippen LogP contribution in [0.5, 0.6) is 5.75 Å². The molecular weight excluding hydrogens is 224 g/mol. The normalized spacial score (nSPS) is 11.0. The second kappa shape index (κ2) is 7.39. The fourth-order valence-electron chi connectivity index (χ4n) is 1.81. The summed E-state index contributed by atoms with van der Waals surface area (Å²) in [6.07, 6.45) is 0. The molecule has 0 radical (unpaired) electrons. The van der Waals surface area contributed by atoms with E-state index < -0.39 is 0 Å². The number of likely N-dealkylation sites (N-methyl/N-ethyl adjacent to an activating group) is 1. The number of hydrogen-bond acceptors (Lipinski definition) is 3. The molecule has 18 heavy (non-hydrogen) atoms. The first-order valence-electron chi connectivity index (χ1n) is 6.57. The Kier molecular flexibility index (Phi) is 6.16. The van der Waals surface area contributed by atoms with Gasteiger partial charge in [-0.15, -0.1) is 0 Å². The highest BCUT2D eigenvalue weighted by atomic mass is 16.5. The Balaban J connectivity index is 2.31. The summed E-state index contributed by atoms with van der Waals surface area (Å²) in [5, 5.41) is 3.37. The predicted molar refractivity (Wildman–Crippen MR) is 77.6 cm³/mol. The van der Waals surface area contributed by atoms with Crippen LogP contribution in [-0.4, -0.2) is 45.2 Å². The average Bonchev–Trinajstić information content (AvgIpc) is 2.29. The highest BCUT2D eigenvalue weighted by Crippen LogP contribution is 2.22. The van der Waals surface area contributed by atoms with Crippen molar-refractivity contribution in [3.8, 4) is 5.75 Å². The third kappa shape index (κ3) is 5.07. The Bertz CT molecular complexity index is 375. The van der Waals surface area contributed by atoms with Crippen LogP contribution >= 0.6 is 0 Å². The standard InChI is InChI=1S/C15H26N2O/c1-12-10-13(2)14(3)15(11-12)18-9-7-16-6-8-17(4)5/h10-11,16H,6-9H2,1-5H3. The molecule has 1 aromatic carbocycles. The molecule has 0 bridgehead atoms. The Morgan fingerprint density at radius 3 is 2.50 bits per heavy atom. The van der Waals surface area contributed by atoms with Gasteiger partial charge in [0.15, 0.2) is 0 Å². The first-order chi connectivity index (χ1) is 8.50. The van der Waals surface area contributed by atoms with Crippen molar-refractivity contribution in [2.45, 2.75) is 20.8 Å². The molecule has 0 unspecified atom stereocenters. The SMILES string of the molecule is Cc1cc(C)c(C)c(OCCNCCN(C)C)c1. The molecule has 1 aromatic rings. The number of aryl methyl sites for hydroxylation is 2. The van der Waals surface area contributed by atoms with Crippen LogP contribution in [0.2, 0.25) is 0 Å². The zero-order valence-corrected chi connectivity index (χ0v) is 12.3. The molecule has 0 heterocycles. The predicted octanol–water partition coefficient (Wildman–Crippen LogP) is 2.14. The maximum absolute atomic E-state index is 5.83. The van der Waals surface area contributed by atoms with Gasteiger partial charge in [-0.1, -0.05) is 6.07 Å². The minimum atomic E-state index is 0.719. The molecule has 0 aliphatic carbocycles. The summed E-state index contributed by atoms with van der Waals surface area (Å²) >= 11 is 0. The number of ether oxygens (including phenoxy) is 1. The number of hydrogen-bond donors (Lipinski definition) is 1. The number of benzene rings is 1. The molecule has 0 saturated carbocycles. The van der Waals surface area contributed by atoms with Gasteiger partial charge in [0.25, 0.3) is 0 Å². The van der Waals surface area contributed by atoms with E-state index in [2.05, 4.69) is 57.2 Å². The molecule has 102 valence electrons. The third-order valence-electron chi connectivity index (χ3n) is 3.04. The van der Waals surface area contributed by atoms with Gasteiger partial charge in [0.2, 0.25) is 0 Å². The molecule has 1 N–H and O–H groups in total. The smallest absolute Gasteiger partial charge is 0.122 e. The van der Waals surface area contributed by atoms with Crippen molar-refractivity contribution < 1.29 is 4.74 Å². The molecule has 0 fully saturated rings. The monoisotopic (exact) mass is 250 g/mol. The van der Waals surface area contributed by atoms with E-state index in [1.165, 1.54) is 16.7 Å². The molecular formula is C15H26N2O. The van der Waals surface area contributed by atoms with Crippen LogP contribution < -0.4 is 10.1 Å². The van der Waals surface area contributed by atoms with Crippen LogP contribution in [0.1, 0.15) is 16.7 Å². The summed E-state index contributed by atoms with van der Waals surface area (Å²) < 4.78 is 5.83. The fraction of sp³-hybridized carbons (Fsp3) is 0.600. The van der Waals surface area contributed by atoms with Crippen LogP contribution in [0.15, 0.2) is 12.1 Å². The van der Waals surface area contributed by atoms with Crippen molar-refractivity contribution in [3.05, 3.63) is 28.8 Å². The maximum Gasteiger partial charge on any atom is 0.122 e. The molecule has 0 saturated heterocycles. The summed E-state index contributed by atoms with van der Waals surface area (Å²) in [6, 6.07) is 4.31. The second-order valence-corrected chi connectivity index (χ2v) is 5.11. The topological polar surface area (TPSA) is 24.5 Å². The van der Waals surface area contributed by atoms with Crippen LogP contribution in [0.25, 0.3) is 0 Å². The van der Waals surface area contributed by atoms with Crippen molar-refractivity contribution in [2.75, 3.05) is 40.3 Å². The van der Waals surface area contributed by atoms with E-state index in [1.54, 1.807) is 0 Å². The van der Waals surface area contributed by atoms with Gasteiger partial charge >= 0.3 is 0 Å². The van der Waals surface area contributed by atoms with E-state index in [4.69, 9.17) is 4.74 Å². The van der Waals surface area contributed by atoms with Gasteiger partial charge in [0.05, 0.1) is 0 Å². The van der Waals surface area contributed by atoms with Crippen molar-refractivity contribution in [2.24, 2.45) is 0 Å². The summed E-state index contributed by atoms with van der Waals surface area (Å²) in [6.45, 7) is 10.0. The lowest BCUT2D eigenvalue weighted by molar-refractivity contribution is 0.306. The van der Waals surface area contributed by atoms with E-state index in [9.17, 15) is 0 Å². The van der Waals surface area contributed by atoms with E-state index in [1.807, 2.05) is 0 Å². The molecule has 0 spiro atoms. The van der Waals surface area contributed by atoms with Gasteiger partial charge in [0.1, 0.15) is 12.4 Å². The molecule has 0 aromatic heterocycles. The second-order valence-electron chi connectivity index (χ2n) is 5.11. The summed E-state index contributed by atoms with van der Waals surface area (Å²) in [5.74, 6) is 1.02. The maximum atomic E-state index is 5.83. The lowest BCUT2D eigenvalue weighted by Crippen LogP contribution is -2.29. The van der Waals surface area contributed by atoms with Crippen LogP contribution in [0.4, 0.5) is 0 Å². The zero-order valence-electron chi connectivity index (χ0n) is 12.3. The van der Waals surface area contributed by atoms with Gasteiger partial charge in [0, 0.05) is 19.6 Å². The van der Waals surface area contributed by atoms with Crippen molar-refractivity contribution >= 4 is 0 Å². The minimum absolute atomic E-state index is 0.719. The molecule has 3 heteroatoms. The van der Waals surface area contributed by atoms with Crippen LogP contribution in [0.3, 0.4) is 0 Å². The molecule has 0 atom stereocenters. The molecule has 0 amide bonds. The Morgan fingerprint density at radius 1 is 1.11 bits per heavy atom. The molecule has 0 aliphatic heterocycles. The number of rotatable bonds is 7. The minimum Gasteiger partial charge on any atom is -0.492 e. The van der Waals surface area contributed by atoms with Gasteiger partial charge < -0.3 is 15.0 Å². The summed E-state index contributed by atoms with van der Waals surface area (Å²) in [4.78, 5) is 2.17. The lowest BCUT2D eigenvalue weighted by Gasteiger charge is -2.13. The quantitative estimate of drug-likeness (QED) is 0.750. The van der Waals surface area contributed by atoms with Crippen molar-refractivity contribution in [1.82, 2.24) is 10.2 Å². The average molecular weight is 250 g/mol. The lowest BCUT2D eigenvalue weighted by atomic mass is 10.1. The zero-order chi connectivity index (χ0) is 13.5. The Labute approximate surface area is 111 Å². The fourth-order valence-corrected chi connectivity index (χ4v) is 1.81. The third-order valence-corrected chi connectivity index (χ3v) is 3.04. The highest BCUT2D eigenvalue weighted by Gasteiger charge is 2.03. The van der Waals surface area contributed by atoms with Crippen molar-refractivity contribution in [3.63, 3.8) is 0 Å². The highest BCUT2D eigenvalue weighted by molar-refractivity contribution is 5.41. The van der Waals surface area contributed by atoms with E-state index in [-0.39, 0.29) is 0 Å². The van der Waals surface area contributed by atoms with Gasteiger partial charge in [-0.2, -0.15) is 0 Å². The molecule has 1 rings (SSSR count). The molecule has 0 aliphatic rings. The molecule has 3 nitrogen and oxygen atoms in total. The van der Waals surface area contributed by atoms with Crippen molar-refractivity contribution in [1.29, 1.82) is 0 Å². The van der Waals surface area contributed by atoms with Crippen LogP contribution in [0, 0.1) is 20.8 Å². The summed E-state index contributed by atoms with van der Waals surface area (Å²) in [5.41, 5.74) is 3.80. The van der Waals surface area contributed by atoms with E-state index >= 15 is 0 Å². The Morgan fingerprint density at radius 2 is 1.83 bits per heavy atom. The Hall–Kier alpha value is -1.06. The largest absolute Gasteiger partial charge is 0.492 e. The number of nitrogens with zero attached hydrogens (tertiary/aromatic N) is 1. The first kappa shape index (κ1) is 15.0. The van der Waals surface area contributed by atoms with Gasteiger partial charge in [-0.25, -0.2) is 0 Å². The van der Waals surface area contributed by atoms with E-state index in [0.29, 0.717) is 0 Å². The van der Waals surface area contributed by atoms with E-state index in [0.717, 1.165) is 32.0 Å². The summed E-state index contributed by atoms with van der Waals surface area (Å²) in [7, 11) is 4.16. The van der Waals surface area contributed by atoms with Crippen LogP contribution in [-0.2, 0) is 0 Å². The van der Waals surface area contributed by atoms with Gasteiger partial charge in [-0.3, -0.25) is 0 Å².